The Morgan fingerprint density at radius 3 is 2.44 bits per heavy atom. The molecule has 1 N–H and O–H groups in total. The second-order valence-corrected chi connectivity index (χ2v) is 7.24. The van der Waals surface area contributed by atoms with Crippen molar-refractivity contribution in [2.45, 2.75) is 17.4 Å². The lowest BCUT2D eigenvalue weighted by molar-refractivity contribution is -0.144. The fourth-order valence-corrected chi connectivity index (χ4v) is 4.34. The van der Waals surface area contributed by atoms with Gasteiger partial charge in [-0.15, -0.1) is 0 Å². The number of para-hydroxylation sites is 1. The predicted octanol–water partition coefficient (Wildman–Crippen LogP) is 2.01. The van der Waals surface area contributed by atoms with E-state index in [1.165, 1.54) is 12.1 Å². The summed E-state index contributed by atoms with van der Waals surface area (Å²) < 4.78 is 31.2. The second-order valence-electron chi connectivity index (χ2n) is 5.46. The zero-order valence-corrected chi connectivity index (χ0v) is 14.2. The maximum atomic E-state index is 12.9. The molecule has 130 valence electrons. The molecule has 25 heavy (non-hydrogen) atoms. The van der Waals surface area contributed by atoms with Gasteiger partial charge in [0.2, 0.25) is 0 Å². The zero-order valence-electron chi connectivity index (χ0n) is 13.4. The van der Waals surface area contributed by atoms with Crippen molar-refractivity contribution >= 4 is 27.7 Å². The quantitative estimate of drug-likeness (QED) is 0.842. The minimum Gasteiger partial charge on any atom is -0.467 e. The van der Waals surface area contributed by atoms with Crippen molar-refractivity contribution in [1.82, 2.24) is 4.31 Å². The predicted molar refractivity (Wildman–Crippen MR) is 90.4 cm³/mol. The number of esters is 1. The van der Waals surface area contributed by atoms with Gasteiger partial charge in [0.25, 0.3) is 10.0 Å². The van der Waals surface area contributed by atoms with E-state index in [0.29, 0.717) is 9.87 Å². The van der Waals surface area contributed by atoms with Gasteiger partial charge in [-0.25, -0.2) is 22.3 Å². The maximum absolute atomic E-state index is 12.9. The normalized spacial score (nSPS) is 16.5. The van der Waals surface area contributed by atoms with Gasteiger partial charge < -0.3 is 10.1 Å². The number of carbonyl (C=O) groups excluding carboxylic acids is 2. The molecule has 1 aliphatic rings. The Kier molecular flexibility index (Phi) is 4.45. The number of methoxy groups -OCH3 is 1. The molecular weight excluding hydrogens is 344 g/mol. The summed E-state index contributed by atoms with van der Waals surface area (Å²) in [4.78, 5) is 24.6. The largest absolute Gasteiger partial charge is 0.467 e. The molecule has 2 amide bonds. The van der Waals surface area contributed by atoms with E-state index in [0.717, 1.165) is 7.11 Å². The number of urea groups is 1. The molecular formula is C17H16N2O5S. The van der Waals surface area contributed by atoms with Crippen LogP contribution in [0.25, 0.3) is 0 Å². The van der Waals surface area contributed by atoms with Crippen molar-refractivity contribution in [2.24, 2.45) is 0 Å². The van der Waals surface area contributed by atoms with Crippen LogP contribution in [0, 0.1) is 0 Å². The highest BCUT2D eigenvalue weighted by Gasteiger charge is 2.44. The molecule has 8 heteroatoms. The summed E-state index contributed by atoms with van der Waals surface area (Å²) in [5.74, 6) is -0.804. The first-order chi connectivity index (χ1) is 11.9. The van der Waals surface area contributed by atoms with Crippen molar-refractivity contribution in [2.75, 3.05) is 12.4 Å². The van der Waals surface area contributed by atoms with Crippen molar-refractivity contribution in [1.29, 1.82) is 0 Å². The summed E-state index contributed by atoms with van der Waals surface area (Å²) in [5.41, 5.74) is 0.895. The number of benzene rings is 2. The topological polar surface area (TPSA) is 92.8 Å². The van der Waals surface area contributed by atoms with Crippen LogP contribution in [-0.2, 0) is 26.0 Å². The van der Waals surface area contributed by atoms with Gasteiger partial charge in [-0.05, 0) is 17.7 Å². The number of nitrogens with zero attached hydrogens (tertiary/aromatic N) is 1. The molecule has 0 aromatic heterocycles. The van der Waals surface area contributed by atoms with Gasteiger partial charge in [-0.3, -0.25) is 0 Å². The van der Waals surface area contributed by atoms with Crippen LogP contribution >= 0.6 is 0 Å². The molecule has 1 heterocycles. The van der Waals surface area contributed by atoms with Crippen LogP contribution in [0.1, 0.15) is 5.56 Å². The van der Waals surface area contributed by atoms with Gasteiger partial charge >= 0.3 is 12.0 Å². The Labute approximate surface area is 145 Å². The molecule has 0 saturated carbocycles. The zero-order chi connectivity index (χ0) is 18.0. The van der Waals surface area contributed by atoms with E-state index in [9.17, 15) is 18.0 Å². The van der Waals surface area contributed by atoms with Crippen LogP contribution in [0.4, 0.5) is 10.5 Å². The molecule has 1 unspecified atom stereocenters. The highest BCUT2D eigenvalue weighted by atomic mass is 32.2. The highest BCUT2D eigenvalue weighted by molar-refractivity contribution is 7.90. The number of amides is 2. The van der Waals surface area contributed by atoms with Crippen LogP contribution < -0.4 is 5.32 Å². The number of rotatable bonds is 4. The van der Waals surface area contributed by atoms with Crippen LogP contribution in [-0.4, -0.2) is 37.9 Å². The number of sulfonamides is 1. The number of hydrogen-bond acceptors (Lipinski definition) is 5. The van der Waals surface area contributed by atoms with E-state index < -0.39 is 28.1 Å². The van der Waals surface area contributed by atoms with E-state index >= 15 is 0 Å². The van der Waals surface area contributed by atoms with Gasteiger partial charge in [0.1, 0.15) is 4.90 Å². The Balaban J connectivity index is 2.06. The van der Waals surface area contributed by atoms with E-state index in [1.807, 2.05) is 0 Å². The Morgan fingerprint density at radius 2 is 1.76 bits per heavy atom. The van der Waals surface area contributed by atoms with E-state index in [4.69, 9.17) is 4.74 Å². The first-order valence-corrected chi connectivity index (χ1v) is 8.95. The third-order valence-corrected chi connectivity index (χ3v) is 5.74. The Morgan fingerprint density at radius 1 is 1.12 bits per heavy atom. The number of fused-ring (bicyclic) bond motifs is 1. The standard InChI is InChI=1S/C17H16N2O5S/c1-24-16(20)14(11-12-7-3-2-4-8-12)19-17(21)18-13-9-5-6-10-15(13)25(19,22)23/h2-10,14H,11H2,1H3,(H,18,21). The van der Waals surface area contributed by atoms with Gasteiger partial charge in [0.15, 0.2) is 6.04 Å². The van der Waals surface area contributed by atoms with E-state index in [2.05, 4.69) is 5.32 Å². The monoisotopic (exact) mass is 360 g/mol. The van der Waals surface area contributed by atoms with E-state index in [1.54, 1.807) is 42.5 Å². The minimum absolute atomic E-state index is 0.0162. The highest BCUT2D eigenvalue weighted by Crippen LogP contribution is 2.32. The van der Waals surface area contributed by atoms with Gasteiger partial charge in [-0.1, -0.05) is 42.5 Å². The van der Waals surface area contributed by atoms with Gasteiger partial charge in [0, 0.05) is 6.42 Å². The van der Waals surface area contributed by atoms with Crippen LogP contribution in [0.3, 0.4) is 0 Å². The molecule has 0 saturated heterocycles. The average Bonchev–Trinajstić information content (AvgIpc) is 2.60. The molecule has 2 aromatic rings. The summed E-state index contributed by atoms with van der Waals surface area (Å²) in [5, 5.41) is 2.51. The summed E-state index contributed by atoms with van der Waals surface area (Å²) >= 11 is 0. The molecule has 3 rings (SSSR count). The summed E-state index contributed by atoms with van der Waals surface area (Å²) in [6.07, 6.45) is 0.0162. The van der Waals surface area contributed by atoms with Crippen molar-refractivity contribution in [3.63, 3.8) is 0 Å². The molecule has 0 spiro atoms. The molecule has 1 aliphatic heterocycles. The van der Waals surface area contributed by atoms with Crippen LogP contribution in [0.15, 0.2) is 59.5 Å². The first-order valence-electron chi connectivity index (χ1n) is 7.51. The van der Waals surface area contributed by atoms with Crippen molar-refractivity contribution < 1.29 is 22.7 Å². The fraction of sp³-hybridized carbons (Fsp3) is 0.176. The third kappa shape index (κ3) is 3.08. The third-order valence-electron chi connectivity index (χ3n) is 3.89. The van der Waals surface area contributed by atoms with Crippen LogP contribution in [0.2, 0.25) is 0 Å². The molecule has 0 fully saturated rings. The summed E-state index contributed by atoms with van der Waals surface area (Å²) in [7, 11) is -3.03. The molecule has 1 atom stereocenters. The molecule has 2 aromatic carbocycles. The number of nitrogens with one attached hydrogen (secondary N) is 1. The van der Waals surface area contributed by atoms with Gasteiger partial charge in [-0.2, -0.15) is 0 Å². The fourth-order valence-electron chi connectivity index (χ4n) is 2.72. The maximum Gasteiger partial charge on any atom is 0.336 e. The van der Waals surface area contributed by atoms with Crippen molar-refractivity contribution in [3.8, 4) is 0 Å². The SMILES string of the molecule is COC(=O)C(Cc1ccccc1)N1C(=O)Nc2ccccc2S1(=O)=O. The lowest BCUT2D eigenvalue weighted by atomic mass is 10.1. The molecule has 0 bridgehead atoms. The number of anilines is 1. The number of hydrogen-bond donors (Lipinski definition) is 1. The first kappa shape index (κ1) is 17.0. The average molecular weight is 360 g/mol. The lowest BCUT2D eigenvalue weighted by Gasteiger charge is -2.33. The number of ether oxygens (including phenoxy) is 1. The summed E-state index contributed by atoms with van der Waals surface area (Å²) in [6, 6.07) is 12.7. The number of carbonyl (C=O) groups is 2. The molecule has 7 nitrogen and oxygen atoms in total. The van der Waals surface area contributed by atoms with Crippen molar-refractivity contribution in [3.05, 3.63) is 60.2 Å². The second kappa shape index (κ2) is 6.56. The van der Waals surface area contributed by atoms with E-state index in [-0.39, 0.29) is 17.0 Å². The lowest BCUT2D eigenvalue weighted by Crippen LogP contribution is -2.53. The molecule has 0 aliphatic carbocycles. The smallest absolute Gasteiger partial charge is 0.336 e. The molecule has 0 radical (unpaired) electrons. The van der Waals surface area contributed by atoms with Gasteiger partial charge in [0.05, 0.1) is 12.8 Å². The Hall–Kier alpha value is -2.87. The van der Waals surface area contributed by atoms with Crippen LogP contribution in [0.5, 0.6) is 0 Å². The Bertz CT molecular complexity index is 912. The summed E-state index contributed by atoms with van der Waals surface area (Å²) in [6.45, 7) is 0. The minimum atomic E-state index is -4.19.